The third-order valence-electron chi connectivity index (χ3n) is 3.54. The number of halogens is 2. The summed E-state index contributed by atoms with van der Waals surface area (Å²) in [6, 6.07) is 5.54. The first-order chi connectivity index (χ1) is 11.1. The molecule has 0 amide bonds. The molecule has 0 radical (unpaired) electrons. The first-order valence-corrected chi connectivity index (χ1v) is 8.17. The van der Waals surface area contributed by atoms with E-state index in [9.17, 15) is 4.79 Å². The number of aromatic nitrogens is 3. The van der Waals surface area contributed by atoms with E-state index in [1.165, 1.54) is 7.11 Å². The topological polar surface area (TPSA) is 68.5 Å². The van der Waals surface area contributed by atoms with Crippen LogP contribution in [0.15, 0.2) is 36.8 Å². The number of fused-ring (bicyclic) bond motifs is 1. The molecule has 3 rings (SSSR count). The van der Waals surface area contributed by atoms with Crippen LogP contribution in [0.25, 0.3) is 5.65 Å². The minimum absolute atomic E-state index is 0. The zero-order valence-corrected chi connectivity index (χ0v) is 16.1. The molecule has 0 bridgehead atoms. The van der Waals surface area contributed by atoms with Crippen molar-refractivity contribution in [2.24, 2.45) is 0 Å². The maximum Gasteiger partial charge on any atom is 0.338 e. The fourth-order valence-electron chi connectivity index (χ4n) is 2.39. The van der Waals surface area contributed by atoms with E-state index in [2.05, 4.69) is 37.9 Å². The van der Waals surface area contributed by atoms with Crippen LogP contribution in [0.2, 0.25) is 0 Å². The molecule has 0 atom stereocenters. The van der Waals surface area contributed by atoms with Crippen molar-refractivity contribution in [3.8, 4) is 0 Å². The number of carbonyl (C=O) groups excluding carboxylic acids is 1. The number of methoxy groups -OCH3 is 1. The Hall–Kier alpha value is -1.87. The van der Waals surface area contributed by atoms with Gasteiger partial charge < -0.3 is 10.1 Å². The minimum atomic E-state index is -0.323. The molecule has 0 saturated carbocycles. The first-order valence-electron chi connectivity index (χ1n) is 7.10. The van der Waals surface area contributed by atoms with Gasteiger partial charge in [-0.05, 0) is 52.8 Å². The quantitative estimate of drug-likeness (QED) is 0.475. The van der Waals surface area contributed by atoms with Crippen LogP contribution < -0.4 is 5.32 Å². The van der Waals surface area contributed by atoms with E-state index in [1.54, 1.807) is 18.5 Å². The Morgan fingerprint density at radius 3 is 2.88 bits per heavy atom. The summed E-state index contributed by atoms with van der Waals surface area (Å²) in [5.74, 6) is 0.347. The molecule has 0 aliphatic carbocycles. The van der Waals surface area contributed by atoms with Crippen LogP contribution in [0.3, 0.4) is 0 Å². The zero-order valence-electron chi connectivity index (χ0n) is 13.1. The second-order valence-corrected chi connectivity index (χ2v) is 6.00. The number of ether oxygens (including phenoxy) is 1. The highest BCUT2D eigenvalue weighted by molar-refractivity contribution is 14.1. The average Bonchev–Trinajstić information content (AvgIpc) is 2.96. The van der Waals surface area contributed by atoms with Crippen molar-refractivity contribution in [3.63, 3.8) is 0 Å². The van der Waals surface area contributed by atoms with E-state index in [1.807, 2.05) is 29.7 Å². The van der Waals surface area contributed by atoms with Gasteiger partial charge in [-0.25, -0.2) is 14.8 Å². The lowest BCUT2D eigenvalue weighted by atomic mass is 10.0. The number of rotatable bonds is 4. The largest absolute Gasteiger partial charge is 0.465 e. The van der Waals surface area contributed by atoms with Crippen molar-refractivity contribution in [2.45, 2.75) is 13.3 Å². The van der Waals surface area contributed by atoms with E-state index in [0.717, 1.165) is 27.0 Å². The number of benzene rings is 1. The fraction of sp³-hybridized carbons (Fsp3) is 0.188. The molecule has 24 heavy (non-hydrogen) atoms. The molecule has 3 aromatic rings. The Morgan fingerprint density at radius 2 is 2.17 bits per heavy atom. The number of nitrogens with one attached hydrogen (secondary N) is 1. The standard InChI is InChI=1S/C16H15IN4O2.ClH/c1-3-10-8-11(4-5-12(10)16(22)23-2)20-14-15-19-9-13(17)21(15)7-6-18-14;/h4-9H,3H2,1-2H3,(H,18,20);1H. The Balaban J connectivity index is 0.00000208. The van der Waals surface area contributed by atoms with E-state index in [0.29, 0.717) is 11.4 Å². The van der Waals surface area contributed by atoms with Gasteiger partial charge in [0.2, 0.25) is 0 Å². The number of nitrogens with zero attached hydrogens (tertiary/aromatic N) is 3. The molecule has 0 aliphatic rings. The summed E-state index contributed by atoms with van der Waals surface area (Å²) in [5.41, 5.74) is 3.12. The van der Waals surface area contributed by atoms with Crippen LogP contribution in [0.5, 0.6) is 0 Å². The molecule has 1 N–H and O–H groups in total. The lowest BCUT2D eigenvalue weighted by Gasteiger charge is -2.11. The van der Waals surface area contributed by atoms with E-state index < -0.39 is 0 Å². The lowest BCUT2D eigenvalue weighted by molar-refractivity contribution is 0.0599. The number of carbonyl (C=O) groups is 1. The minimum Gasteiger partial charge on any atom is -0.465 e. The van der Waals surface area contributed by atoms with Gasteiger partial charge in [0.05, 0.1) is 18.9 Å². The first kappa shape index (κ1) is 18.5. The highest BCUT2D eigenvalue weighted by atomic mass is 127. The third kappa shape index (κ3) is 3.46. The van der Waals surface area contributed by atoms with Gasteiger partial charge in [0, 0.05) is 18.1 Å². The van der Waals surface area contributed by atoms with Gasteiger partial charge in [-0.3, -0.25) is 4.40 Å². The number of aryl methyl sites for hydroxylation is 1. The summed E-state index contributed by atoms with van der Waals surface area (Å²) in [4.78, 5) is 20.5. The van der Waals surface area contributed by atoms with Crippen LogP contribution in [0.4, 0.5) is 11.5 Å². The molecule has 8 heteroatoms. The van der Waals surface area contributed by atoms with Crippen molar-refractivity contribution in [2.75, 3.05) is 12.4 Å². The summed E-state index contributed by atoms with van der Waals surface area (Å²) in [6.07, 6.45) is 6.12. The number of esters is 1. The van der Waals surface area contributed by atoms with Gasteiger partial charge in [0.25, 0.3) is 0 Å². The molecule has 2 aromatic heterocycles. The van der Waals surface area contributed by atoms with Crippen molar-refractivity contribution < 1.29 is 9.53 Å². The molecular weight excluding hydrogens is 443 g/mol. The second kappa shape index (κ2) is 7.80. The molecule has 0 unspecified atom stereocenters. The predicted molar refractivity (Wildman–Crippen MR) is 103 cm³/mol. The zero-order chi connectivity index (χ0) is 16.4. The highest BCUT2D eigenvalue weighted by Crippen LogP contribution is 2.23. The highest BCUT2D eigenvalue weighted by Gasteiger charge is 2.12. The number of imidazole rings is 1. The van der Waals surface area contributed by atoms with Gasteiger partial charge >= 0.3 is 5.97 Å². The molecule has 2 heterocycles. The second-order valence-electron chi connectivity index (χ2n) is 4.89. The third-order valence-corrected chi connectivity index (χ3v) is 4.34. The molecule has 0 spiro atoms. The number of hydrogen-bond acceptors (Lipinski definition) is 5. The summed E-state index contributed by atoms with van der Waals surface area (Å²) >= 11 is 2.22. The number of anilines is 2. The van der Waals surface area contributed by atoms with Crippen LogP contribution in [-0.4, -0.2) is 27.4 Å². The summed E-state index contributed by atoms with van der Waals surface area (Å²) in [7, 11) is 1.39. The van der Waals surface area contributed by atoms with Crippen molar-refractivity contribution in [1.29, 1.82) is 0 Å². The molecule has 0 fully saturated rings. The van der Waals surface area contributed by atoms with Gasteiger partial charge in [0.15, 0.2) is 11.5 Å². The van der Waals surface area contributed by atoms with Crippen molar-refractivity contribution >= 4 is 58.1 Å². The van der Waals surface area contributed by atoms with Crippen LogP contribution >= 0.6 is 35.0 Å². The van der Waals surface area contributed by atoms with Crippen molar-refractivity contribution in [1.82, 2.24) is 14.4 Å². The monoisotopic (exact) mass is 458 g/mol. The molecule has 126 valence electrons. The Labute approximate surface area is 159 Å². The normalized spacial score (nSPS) is 10.3. The SMILES string of the molecule is CCc1cc(Nc2nccn3c(I)cnc23)ccc1C(=O)OC.Cl. The lowest BCUT2D eigenvalue weighted by Crippen LogP contribution is -2.06. The summed E-state index contributed by atoms with van der Waals surface area (Å²) in [6.45, 7) is 2.00. The maximum absolute atomic E-state index is 11.8. The molecule has 6 nitrogen and oxygen atoms in total. The Morgan fingerprint density at radius 1 is 1.38 bits per heavy atom. The van der Waals surface area contributed by atoms with Crippen LogP contribution in [0.1, 0.15) is 22.8 Å². The molecule has 1 aromatic carbocycles. The van der Waals surface area contributed by atoms with Crippen molar-refractivity contribution in [3.05, 3.63) is 51.6 Å². The summed E-state index contributed by atoms with van der Waals surface area (Å²) < 4.78 is 7.78. The van der Waals surface area contributed by atoms with E-state index in [4.69, 9.17) is 4.74 Å². The fourth-order valence-corrected chi connectivity index (χ4v) is 2.92. The Bertz CT molecular complexity index is 882. The molecule has 0 saturated heterocycles. The van der Waals surface area contributed by atoms with Gasteiger partial charge in [-0.2, -0.15) is 0 Å². The van der Waals surface area contributed by atoms with Gasteiger partial charge in [-0.1, -0.05) is 6.92 Å². The van der Waals surface area contributed by atoms with E-state index in [-0.39, 0.29) is 18.4 Å². The average molecular weight is 459 g/mol. The van der Waals surface area contributed by atoms with Crippen LogP contribution in [-0.2, 0) is 11.2 Å². The molecule has 0 aliphatic heterocycles. The molecular formula is C16H16ClIN4O2. The predicted octanol–water partition coefficient (Wildman–Crippen LogP) is 3.85. The van der Waals surface area contributed by atoms with Crippen LogP contribution in [0, 0.1) is 3.70 Å². The smallest absolute Gasteiger partial charge is 0.338 e. The van der Waals surface area contributed by atoms with Gasteiger partial charge in [0.1, 0.15) is 3.70 Å². The summed E-state index contributed by atoms with van der Waals surface area (Å²) in [5, 5.41) is 3.27. The maximum atomic E-state index is 11.8. The number of hydrogen-bond donors (Lipinski definition) is 1. The Kier molecular flexibility index (Phi) is 6.00. The van der Waals surface area contributed by atoms with Gasteiger partial charge in [-0.15, -0.1) is 12.4 Å². The van der Waals surface area contributed by atoms with E-state index >= 15 is 0 Å².